The van der Waals surface area contributed by atoms with Gasteiger partial charge in [-0.2, -0.15) is 0 Å². The number of hydrogen-bond acceptors (Lipinski definition) is 4. The maximum absolute atomic E-state index is 13.3. The lowest BCUT2D eigenvalue weighted by Gasteiger charge is -2.23. The second-order valence-electron chi connectivity index (χ2n) is 6.65. The summed E-state index contributed by atoms with van der Waals surface area (Å²) < 4.78 is 18.4. The van der Waals surface area contributed by atoms with Crippen molar-refractivity contribution >= 4 is 23.5 Å². The normalized spacial score (nSPS) is 10.6. The minimum Gasteiger partial charge on any atom is -0.481 e. The second-order valence-corrected chi connectivity index (χ2v) is 6.65. The van der Waals surface area contributed by atoms with Gasteiger partial charge < -0.3 is 19.7 Å². The summed E-state index contributed by atoms with van der Waals surface area (Å²) >= 11 is 0. The summed E-state index contributed by atoms with van der Waals surface area (Å²) in [5.74, 6) is -2.15. The Labute approximate surface area is 168 Å². The molecule has 0 fully saturated rings. The Morgan fingerprint density at radius 3 is 2.38 bits per heavy atom. The first-order valence-electron chi connectivity index (χ1n) is 9.37. The molecule has 0 bridgehead atoms. The number of halogens is 1. The molecule has 0 aliphatic heterocycles. The molecular weight excluding hydrogens is 379 g/mol. The number of nitrogens with zero attached hydrogens (tertiary/aromatic N) is 1. The van der Waals surface area contributed by atoms with Crippen molar-refractivity contribution < 1.29 is 28.6 Å². The van der Waals surface area contributed by atoms with E-state index in [0.29, 0.717) is 16.9 Å². The Kier molecular flexibility index (Phi) is 7.52. The van der Waals surface area contributed by atoms with Crippen LogP contribution in [0.4, 0.5) is 10.1 Å². The number of rotatable bonds is 9. The van der Waals surface area contributed by atoms with Crippen molar-refractivity contribution in [2.24, 2.45) is 0 Å². The smallest absolute Gasteiger partial charge is 0.355 e. The molecule has 0 saturated carbocycles. The first-order chi connectivity index (χ1) is 13.7. The predicted molar refractivity (Wildman–Crippen MR) is 105 cm³/mol. The maximum Gasteiger partial charge on any atom is 0.355 e. The molecule has 0 saturated heterocycles. The van der Waals surface area contributed by atoms with Crippen LogP contribution in [0.3, 0.4) is 0 Å². The first kappa shape index (κ1) is 22.1. The van der Waals surface area contributed by atoms with Crippen molar-refractivity contribution in [3.63, 3.8) is 0 Å². The van der Waals surface area contributed by atoms with Crippen molar-refractivity contribution in [3.05, 3.63) is 52.6 Å². The van der Waals surface area contributed by atoms with E-state index in [4.69, 9.17) is 9.84 Å². The average Bonchev–Trinajstić information content (AvgIpc) is 2.94. The summed E-state index contributed by atoms with van der Waals surface area (Å²) in [6.45, 7) is 5.68. The van der Waals surface area contributed by atoms with Crippen LogP contribution in [0.5, 0.6) is 0 Å². The molecular formula is C21H25FN2O5. The number of carboxylic acid groups (broad SMARTS) is 1. The first-order valence-corrected chi connectivity index (χ1v) is 9.37. The van der Waals surface area contributed by atoms with Crippen molar-refractivity contribution in [2.75, 3.05) is 11.5 Å². The number of H-pyrrole nitrogens is 1. The number of esters is 1. The van der Waals surface area contributed by atoms with Gasteiger partial charge in [-0.1, -0.05) is 0 Å². The molecule has 1 amide bonds. The molecule has 2 rings (SSSR count). The van der Waals surface area contributed by atoms with Gasteiger partial charge in [0.15, 0.2) is 0 Å². The zero-order chi connectivity index (χ0) is 21.6. The van der Waals surface area contributed by atoms with Crippen molar-refractivity contribution in [3.8, 4) is 0 Å². The molecule has 1 aromatic carbocycles. The topological polar surface area (TPSA) is 99.7 Å². The quantitative estimate of drug-likeness (QED) is 0.620. The van der Waals surface area contributed by atoms with Crippen LogP contribution < -0.4 is 4.90 Å². The lowest BCUT2D eigenvalue weighted by molar-refractivity contribution is -0.137. The van der Waals surface area contributed by atoms with Gasteiger partial charge in [-0.05, 0) is 62.6 Å². The lowest BCUT2D eigenvalue weighted by atomic mass is 10.1. The molecule has 1 heterocycles. The lowest BCUT2D eigenvalue weighted by Crippen LogP contribution is -2.30. The number of carbonyl (C=O) groups excluding carboxylic acids is 2. The van der Waals surface area contributed by atoms with E-state index in [-0.39, 0.29) is 38.3 Å². The summed E-state index contributed by atoms with van der Waals surface area (Å²) in [5, 5.41) is 8.80. The third-order valence-electron chi connectivity index (χ3n) is 4.61. The van der Waals surface area contributed by atoms with Crippen molar-refractivity contribution in [1.82, 2.24) is 4.98 Å². The molecule has 0 aliphatic carbocycles. The number of ether oxygens (including phenoxy) is 1. The Balaban J connectivity index is 2.32. The number of carboxylic acids is 1. The van der Waals surface area contributed by atoms with Crippen molar-refractivity contribution in [1.29, 1.82) is 0 Å². The fourth-order valence-electron chi connectivity index (χ4n) is 3.06. The van der Waals surface area contributed by atoms with Crippen LogP contribution in [-0.2, 0) is 20.9 Å². The number of hydrogen-bond donors (Lipinski definition) is 2. The molecule has 7 nitrogen and oxygen atoms in total. The fourth-order valence-corrected chi connectivity index (χ4v) is 3.06. The molecule has 2 N–H and O–H groups in total. The van der Waals surface area contributed by atoms with Gasteiger partial charge in [-0.3, -0.25) is 9.59 Å². The number of nitrogens with one attached hydrogen (secondary N) is 1. The molecule has 1 aromatic heterocycles. The van der Waals surface area contributed by atoms with E-state index in [1.807, 2.05) is 0 Å². The average molecular weight is 404 g/mol. The van der Waals surface area contributed by atoms with Crippen LogP contribution >= 0.6 is 0 Å². The van der Waals surface area contributed by atoms with Gasteiger partial charge in [0.2, 0.25) is 5.91 Å². The summed E-state index contributed by atoms with van der Waals surface area (Å²) in [4.78, 5) is 40.2. The molecule has 29 heavy (non-hydrogen) atoms. The highest BCUT2D eigenvalue weighted by atomic mass is 19.1. The van der Waals surface area contributed by atoms with Crippen LogP contribution in [0.25, 0.3) is 0 Å². The van der Waals surface area contributed by atoms with Gasteiger partial charge in [0.05, 0.1) is 13.2 Å². The minimum absolute atomic E-state index is 0.0386. The number of aromatic amines is 1. The second kappa shape index (κ2) is 9.86. The number of aliphatic carboxylic acids is 1. The van der Waals surface area contributed by atoms with E-state index in [9.17, 15) is 18.8 Å². The summed E-state index contributed by atoms with van der Waals surface area (Å²) in [5.41, 5.74) is 2.97. The highest BCUT2D eigenvalue weighted by Gasteiger charge is 2.23. The third-order valence-corrected chi connectivity index (χ3v) is 4.61. The number of benzene rings is 1. The van der Waals surface area contributed by atoms with Gasteiger partial charge in [-0.25, -0.2) is 9.18 Å². The zero-order valence-corrected chi connectivity index (χ0v) is 16.8. The molecule has 0 unspecified atom stereocenters. The number of anilines is 1. The minimum atomic E-state index is -0.970. The molecule has 0 aliphatic rings. The summed E-state index contributed by atoms with van der Waals surface area (Å²) in [7, 11) is 0. The summed E-state index contributed by atoms with van der Waals surface area (Å²) in [6, 6.07) is 5.50. The zero-order valence-electron chi connectivity index (χ0n) is 16.8. The number of carbonyl (C=O) groups is 3. The van der Waals surface area contributed by atoms with E-state index in [1.54, 1.807) is 20.8 Å². The number of aryl methyl sites for hydroxylation is 1. The Morgan fingerprint density at radius 2 is 1.79 bits per heavy atom. The van der Waals surface area contributed by atoms with Crippen LogP contribution in [0.15, 0.2) is 24.3 Å². The molecule has 156 valence electrons. The Hall–Kier alpha value is -3.16. The standard InChI is InChI=1S/C21H25FN2O5/c1-4-29-21(28)20-13(2)17(14(3)23-20)12-24(16-10-8-15(22)9-11-16)18(25)6-5-7-19(26)27/h8-11,23H,4-7,12H2,1-3H3,(H,26,27). The molecule has 0 atom stereocenters. The van der Waals surface area contributed by atoms with Gasteiger partial charge in [0.25, 0.3) is 0 Å². The van der Waals surface area contributed by atoms with E-state index in [0.717, 1.165) is 11.3 Å². The highest BCUT2D eigenvalue weighted by Crippen LogP contribution is 2.25. The summed E-state index contributed by atoms with van der Waals surface area (Å²) in [6.07, 6.45) is 0.125. The monoisotopic (exact) mass is 404 g/mol. The fraction of sp³-hybridized carbons (Fsp3) is 0.381. The molecule has 0 radical (unpaired) electrons. The molecule has 2 aromatic rings. The van der Waals surface area contributed by atoms with Crippen molar-refractivity contribution in [2.45, 2.75) is 46.6 Å². The predicted octanol–water partition coefficient (Wildman–Crippen LogP) is 3.74. The van der Waals surface area contributed by atoms with E-state index in [2.05, 4.69) is 4.98 Å². The Morgan fingerprint density at radius 1 is 1.14 bits per heavy atom. The SMILES string of the molecule is CCOC(=O)c1[nH]c(C)c(CN(C(=O)CCCC(=O)O)c2ccc(F)cc2)c1C. The van der Waals surface area contributed by atoms with Gasteiger partial charge in [0, 0.05) is 24.2 Å². The van der Waals surface area contributed by atoms with Crippen LogP contribution in [0.1, 0.15) is 53.5 Å². The molecule has 8 heteroatoms. The maximum atomic E-state index is 13.3. The van der Waals surface area contributed by atoms with E-state index >= 15 is 0 Å². The third kappa shape index (κ3) is 5.66. The van der Waals surface area contributed by atoms with E-state index in [1.165, 1.54) is 29.2 Å². The number of aromatic nitrogens is 1. The number of amides is 1. The Bertz CT molecular complexity index is 889. The van der Waals surface area contributed by atoms with Crippen LogP contribution in [0, 0.1) is 19.7 Å². The van der Waals surface area contributed by atoms with Crippen LogP contribution in [-0.4, -0.2) is 34.5 Å². The van der Waals surface area contributed by atoms with Crippen LogP contribution in [0.2, 0.25) is 0 Å². The van der Waals surface area contributed by atoms with Gasteiger partial charge >= 0.3 is 11.9 Å². The molecule has 0 spiro atoms. The highest BCUT2D eigenvalue weighted by molar-refractivity contribution is 5.94. The van der Waals surface area contributed by atoms with E-state index < -0.39 is 17.8 Å². The van der Waals surface area contributed by atoms with Gasteiger partial charge in [0.1, 0.15) is 11.5 Å². The van der Waals surface area contributed by atoms with Gasteiger partial charge in [-0.15, -0.1) is 0 Å². The largest absolute Gasteiger partial charge is 0.481 e.